The van der Waals surface area contributed by atoms with Crippen molar-refractivity contribution in [2.45, 2.75) is 32.9 Å². The number of rotatable bonds is 2. The van der Waals surface area contributed by atoms with Crippen LogP contribution in [-0.4, -0.2) is 21.6 Å². The molecule has 0 atom stereocenters. The summed E-state index contributed by atoms with van der Waals surface area (Å²) in [5.74, 6) is 0. The van der Waals surface area contributed by atoms with Gasteiger partial charge in [0.25, 0.3) is 0 Å². The number of benzene rings is 1. The molecule has 5 heteroatoms. The Morgan fingerprint density at radius 1 is 1.47 bits per heavy atom. The zero-order valence-corrected chi connectivity index (χ0v) is 12.3. The van der Waals surface area contributed by atoms with E-state index in [1.54, 1.807) is 6.07 Å². The van der Waals surface area contributed by atoms with Crippen molar-refractivity contribution in [3.05, 3.63) is 33.3 Å². The average Bonchev–Trinajstić information content (AvgIpc) is 2.17. The fourth-order valence-electron chi connectivity index (χ4n) is 1.43. The van der Waals surface area contributed by atoms with Crippen LogP contribution >= 0.6 is 27.5 Å². The maximum Gasteiger partial charge on any atom is 0.408 e. The Morgan fingerprint density at radius 3 is 2.53 bits per heavy atom. The summed E-state index contributed by atoms with van der Waals surface area (Å²) in [4.78, 5) is 12.6. The third-order valence-corrected chi connectivity index (χ3v) is 3.24. The molecule has 0 fully saturated rings. The second-order valence-corrected chi connectivity index (χ2v) is 6.10. The van der Waals surface area contributed by atoms with Gasteiger partial charge in [-0.25, -0.2) is 4.79 Å². The van der Waals surface area contributed by atoms with E-state index in [1.807, 2.05) is 32.9 Å². The monoisotopic (exact) mass is 319 g/mol. The molecular weight excluding hydrogens is 305 g/mol. The molecule has 0 spiro atoms. The van der Waals surface area contributed by atoms with E-state index in [4.69, 9.17) is 11.6 Å². The summed E-state index contributed by atoms with van der Waals surface area (Å²) in [6.07, 6.45) is -0.950. The van der Waals surface area contributed by atoms with Gasteiger partial charge in [-0.3, -0.25) is 4.90 Å². The molecule has 0 radical (unpaired) electrons. The minimum absolute atomic E-state index is 0.275. The summed E-state index contributed by atoms with van der Waals surface area (Å²) in [7, 11) is 0. The van der Waals surface area contributed by atoms with E-state index in [-0.39, 0.29) is 6.54 Å². The highest BCUT2D eigenvalue weighted by Crippen LogP contribution is 2.25. The third kappa shape index (κ3) is 3.89. The highest BCUT2D eigenvalue weighted by molar-refractivity contribution is 9.10. The summed E-state index contributed by atoms with van der Waals surface area (Å²) in [6.45, 7) is 5.84. The van der Waals surface area contributed by atoms with Gasteiger partial charge < -0.3 is 5.11 Å². The van der Waals surface area contributed by atoms with Crippen LogP contribution in [0.1, 0.15) is 26.3 Å². The minimum atomic E-state index is -0.950. The Balaban J connectivity index is 3.02. The maximum atomic E-state index is 11.2. The lowest BCUT2D eigenvalue weighted by atomic mass is 10.1. The Morgan fingerprint density at radius 2 is 2.06 bits per heavy atom. The van der Waals surface area contributed by atoms with Gasteiger partial charge in [0.2, 0.25) is 0 Å². The molecule has 1 rings (SSSR count). The predicted octanol–water partition coefficient (Wildman–Crippen LogP) is 4.38. The molecule has 1 aromatic rings. The SMILES string of the molecule is CC(C)(C)N(Cc1cc(Br)ccc1Cl)C(=O)O. The summed E-state index contributed by atoms with van der Waals surface area (Å²) in [6, 6.07) is 5.42. The first-order chi connectivity index (χ1) is 7.71. The van der Waals surface area contributed by atoms with Crippen molar-refractivity contribution in [3.63, 3.8) is 0 Å². The highest BCUT2D eigenvalue weighted by Gasteiger charge is 2.26. The van der Waals surface area contributed by atoms with Gasteiger partial charge in [-0.1, -0.05) is 27.5 Å². The van der Waals surface area contributed by atoms with Crippen molar-refractivity contribution in [1.29, 1.82) is 0 Å². The molecule has 17 heavy (non-hydrogen) atoms. The Labute approximate surface area is 115 Å². The summed E-state index contributed by atoms with van der Waals surface area (Å²) < 4.78 is 0.885. The molecule has 1 amide bonds. The van der Waals surface area contributed by atoms with Crippen LogP contribution in [0.5, 0.6) is 0 Å². The Bertz CT molecular complexity index is 429. The van der Waals surface area contributed by atoms with Crippen LogP contribution in [0.2, 0.25) is 5.02 Å². The quantitative estimate of drug-likeness (QED) is 0.878. The fourth-order valence-corrected chi connectivity index (χ4v) is 2.01. The molecule has 0 aromatic heterocycles. The van der Waals surface area contributed by atoms with Crippen LogP contribution in [-0.2, 0) is 6.54 Å². The van der Waals surface area contributed by atoms with Crippen molar-refractivity contribution < 1.29 is 9.90 Å². The zero-order chi connectivity index (χ0) is 13.2. The van der Waals surface area contributed by atoms with Crippen LogP contribution in [0.25, 0.3) is 0 Å². The second kappa shape index (κ2) is 5.27. The first-order valence-electron chi connectivity index (χ1n) is 5.16. The molecule has 0 heterocycles. The van der Waals surface area contributed by atoms with E-state index in [0.29, 0.717) is 5.02 Å². The maximum absolute atomic E-state index is 11.2. The first-order valence-corrected chi connectivity index (χ1v) is 6.33. The average molecular weight is 321 g/mol. The smallest absolute Gasteiger partial charge is 0.408 e. The van der Waals surface area contributed by atoms with Crippen LogP contribution in [0.4, 0.5) is 4.79 Å². The standard InChI is InChI=1S/C12H15BrClNO2/c1-12(2,3)15(11(16)17)7-8-6-9(13)4-5-10(8)14/h4-6H,7H2,1-3H3,(H,16,17). The molecular formula is C12H15BrClNO2. The molecule has 0 unspecified atom stereocenters. The van der Waals surface area contributed by atoms with Gasteiger partial charge in [0.05, 0.1) is 6.54 Å². The van der Waals surface area contributed by atoms with Gasteiger partial charge in [0, 0.05) is 15.0 Å². The van der Waals surface area contributed by atoms with E-state index in [0.717, 1.165) is 10.0 Å². The summed E-state index contributed by atoms with van der Waals surface area (Å²) >= 11 is 9.40. The molecule has 94 valence electrons. The van der Waals surface area contributed by atoms with E-state index in [9.17, 15) is 9.90 Å². The molecule has 0 saturated heterocycles. The normalized spacial score (nSPS) is 11.4. The molecule has 0 bridgehead atoms. The number of hydrogen-bond donors (Lipinski definition) is 1. The molecule has 1 aromatic carbocycles. The molecule has 3 nitrogen and oxygen atoms in total. The van der Waals surface area contributed by atoms with Gasteiger partial charge >= 0.3 is 6.09 Å². The Hall–Kier alpha value is -0.740. The molecule has 0 aliphatic rings. The number of hydrogen-bond acceptors (Lipinski definition) is 1. The molecule has 0 saturated carbocycles. The topological polar surface area (TPSA) is 40.5 Å². The third-order valence-electron chi connectivity index (χ3n) is 2.38. The number of nitrogens with zero attached hydrogens (tertiary/aromatic N) is 1. The fraction of sp³-hybridized carbons (Fsp3) is 0.417. The summed E-state index contributed by atoms with van der Waals surface area (Å²) in [5.41, 5.74) is 0.329. The van der Waals surface area contributed by atoms with Gasteiger partial charge in [-0.15, -0.1) is 0 Å². The highest BCUT2D eigenvalue weighted by atomic mass is 79.9. The Kier molecular flexibility index (Phi) is 4.44. The van der Waals surface area contributed by atoms with Crippen LogP contribution in [0, 0.1) is 0 Å². The lowest BCUT2D eigenvalue weighted by Gasteiger charge is -2.33. The predicted molar refractivity (Wildman–Crippen MR) is 72.5 cm³/mol. The number of amides is 1. The molecule has 0 aliphatic heterocycles. The minimum Gasteiger partial charge on any atom is -0.465 e. The number of halogens is 2. The van der Waals surface area contributed by atoms with Crippen LogP contribution in [0.3, 0.4) is 0 Å². The van der Waals surface area contributed by atoms with Crippen molar-refractivity contribution in [3.8, 4) is 0 Å². The van der Waals surface area contributed by atoms with Crippen molar-refractivity contribution in [2.24, 2.45) is 0 Å². The van der Waals surface area contributed by atoms with Crippen molar-refractivity contribution in [2.75, 3.05) is 0 Å². The molecule has 0 aliphatic carbocycles. The van der Waals surface area contributed by atoms with E-state index in [1.165, 1.54) is 4.90 Å². The number of carboxylic acid groups (broad SMARTS) is 1. The van der Waals surface area contributed by atoms with E-state index >= 15 is 0 Å². The van der Waals surface area contributed by atoms with Crippen molar-refractivity contribution in [1.82, 2.24) is 4.90 Å². The lowest BCUT2D eigenvalue weighted by molar-refractivity contribution is 0.0956. The van der Waals surface area contributed by atoms with Gasteiger partial charge in [-0.05, 0) is 44.5 Å². The van der Waals surface area contributed by atoms with E-state index < -0.39 is 11.6 Å². The zero-order valence-electron chi connectivity index (χ0n) is 10.00. The van der Waals surface area contributed by atoms with Crippen LogP contribution < -0.4 is 0 Å². The lowest BCUT2D eigenvalue weighted by Crippen LogP contribution is -2.44. The van der Waals surface area contributed by atoms with Gasteiger partial charge in [0.1, 0.15) is 0 Å². The second-order valence-electron chi connectivity index (χ2n) is 4.78. The van der Waals surface area contributed by atoms with Crippen molar-refractivity contribution >= 4 is 33.6 Å². The van der Waals surface area contributed by atoms with Gasteiger partial charge in [0.15, 0.2) is 0 Å². The van der Waals surface area contributed by atoms with E-state index in [2.05, 4.69) is 15.9 Å². The first kappa shape index (κ1) is 14.3. The number of carbonyl (C=O) groups is 1. The largest absolute Gasteiger partial charge is 0.465 e. The van der Waals surface area contributed by atoms with Gasteiger partial charge in [-0.2, -0.15) is 0 Å². The van der Waals surface area contributed by atoms with Crippen LogP contribution in [0.15, 0.2) is 22.7 Å². The summed E-state index contributed by atoms with van der Waals surface area (Å²) in [5, 5.41) is 9.77. The molecule has 1 N–H and O–H groups in total.